The van der Waals surface area contributed by atoms with E-state index in [1.165, 1.54) is 4.90 Å². The Bertz CT molecular complexity index is 1630. The number of nitrogen functional groups attached to an aromatic ring is 1. The van der Waals surface area contributed by atoms with Gasteiger partial charge in [0.15, 0.2) is 5.82 Å². The van der Waals surface area contributed by atoms with E-state index in [9.17, 15) is 4.79 Å². The van der Waals surface area contributed by atoms with Gasteiger partial charge in [-0.3, -0.25) is 4.90 Å². The molecule has 2 aromatic carbocycles. The lowest BCUT2D eigenvalue weighted by molar-refractivity contribution is 0.0588. The first-order valence-electron chi connectivity index (χ1n) is 11.6. The molecule has 7 nitrogen and oxygen atoms in total. The molecule has 2 radical (unpaired) electrons. The molecule has 1 amide bonds. The van der Waals surface area contributed by atoms with E-state index in [0.717, 1.165) is 16.7 Å². The third kappa shape index (κ3) is 5.94. The number of aryl methyl sites for hydroxylation is 1. The topological polar surface area (TPSA) is 86.3 Å². The summed E-state index contributed by atoms with van der Waals surface area (Å²) in [7, 11) is 9.24. The van der Waals surface area contributed by atoms with Crippen molar-refractivity contribution in [2.45, 2.75) is 26.4 Å². The quantitative estimate of drug-likeness (QED) is 0.328. The average Bonchev–Trinajstić information content (AvgIpc) is 3.22. The predicted octanol–water partition coefficient (Wildman–Crippen LogP) is 3.52. The van der Waals surface area contributed by atoms with Crippen molar-refractivity contribution in [2.75, 3.05) is 17.7 Å². The lowest BCUT2D eigenvalue weighted by atomic mass is 9.94. The van der Waals surface area contributed by atoms with Crippen LogP contribution in [0.4, 0.5) is 16.4 Å². The summed E-state index contributed by atoms with van der Waals surface area (Å²) in [4.78, 5) is 22.9. The zero-order valence-electron chi connectivity index (χ0n) is 21.5. The summed E-state index contributed by atoms with van der Waals surface area (Å²) in [6.45, 7) is 5.40. The van der Waals surface area contributed by atoms with Crippen molar-refractivity contribution in [3.63, 3.8) is 0 Å². The molecule has 37 heavy (non-hydrogen) atoms. The van der Waals surface area contributed by atoms with Crippen LogP contribution in [0, 0.1) is 23.7 Å². The molecule has 0 aliphatic carbocycles. The Morgan fingerprint density at radius 2 is 1.62 bits per heavy atom. The molecule has 0 aliphatic heterocycles. The largest absolute Gasteiger partial charge is 0.443 e. The van der Waals surface area contributed by atoms with Crippen molar-refractivity contribution >= 4 is 42.1 Å². The molecule has 2 heterocycles. The smallest absolute Gasteiger partial charge is 0.415 e. The molecular formula is C29H26BN5O2. The van der Waals surface area contributed by atoms with Crippen molar-refractivity contribution in [1.29, 1.82) is 0 Å². The van der Waals surface area contributed by atoms with Crippen LogP contribution in [0.15, 0.2) is 54.9 Å². The molecule has 2 aromatic heterocycles. The van der Waals surface area contributed by atoms with Gasteiger partial charge in [-0.15, -0.1) is 0 Å². The Kier molecular flexibility index (Phi) is 6.95. The number of carbonyl (C=O) groups is 1. The number of imidazole rings is 1. The summed E-state index contributed by atoms with van der Waals surface area (Å²) in [6.07, 6.45) is 1.08. The van der Waals surface area contributed by atoms with Crippen molar-refractivity contribution in [2.24, 2.45) is 7.05 Å². The lowest BCUT2D eigenvalue weighted by Crippen LogP contribution is -2.34. The summed E-state index contributed by atoms with van der Waals surface area (Å²) in [5, 5.41) is 0. The van der Waals surface area contributed by atoms with Crippen LogP contribution in [-0.4, -0.2) is 41.1 Å². The molecular weight excluding hydrogens is 461 g/mol. The van der Waals surface area contributed by atoms with Crippen LogP contribution in [0.5, 0.6) is 0 Å². The SMILES string of the molecule is [B]c1cccc(C#Cc2cccc(C#Cc3c(N)nc(N(C)C(=O)OC(C)(C)C)c4ncn(C)c34)c2)c1. The van der Waals surface area contributed by atoms with Crippen molar-refractivity contribution in [3.8, 4) is 23.7 Å². The molecule has 2 N–H and O–H groups in total. The number of carbonyl (C=O) groups excluding carboxylic acids is 1. The van der Waals surface area contributed by atoms with E-state index in [1.807, 2.05) is 55.6 Å². The van der Waals surface area contributed by atoms with Gasteiger partial charge in [-0.05, 0) is 45.0 Å². The Hall–Kier alpha value is -4.69. The minimum Gasteiger partial charge on any atom is -0.443 e. The number of pyridine rings is 1. The van der Waals surface area contributed by atoms with E-state index in [0.29, 0.717) is 27.9 Å². The molecule has 0 aliphatic rings. The fraction of sp³-hybridized carbons (Fsp3) is 0.207. The molecule has 0 spiro atoms. The van der Waals surface area contributed by atoms with Crippen LogP contribution >= 0.6 is 0 Å². The molecule has 0 atom stereocenters. The number of fused-ring (bicyclic) bond motifs is 1. The zero-order chi connectivity index (χ0) is 26.7. The van der Waals surface area contributed by atoms with Gasteiger partial charge in [-0.25, -0.2) is 14.8 Å². The van der Waals surface area contributed by atoms with Gasteiger partial charge in [0, 0.05) is 30.8 Å². The maximum atomic E-state index is 12.7. The van der Waals surface area contributed by atoms with Gasteiger partial charge in [0.1, 0.15) is 24.8 Å². The second-order valence-electron chi connectivity index (χ2n) is 9.49. The number of hydrogen-bond acceptors (Lipinski definition) is 5. The summed E-state index contributed by atoms with van der Waals surface area (Å²) < 4.78 is 7.28. The van der Waals surface area contributed by atoms with Gasteiger partial charge in [-0.1, -0.05) is 53.4 Å². The second-order valence-corrected chi connectivity index (χ2v) is 9.49. The molecule has 0 bridgehead atoms. The predicted molar refractivity (Wildman–Crippen MR) is 148 cm³/mol. The molecule has 4 rings (SSSR count). The molecule has 0 unspecified atom stereocenters. The second kappa shape index (κ2) is 10.1. The first-order chi connectivity index (χ1) is 17.5. The maximum Gasteiger partial charge on any atom is 0.415 e. The number of anilines is 2. The number of nitrogens with zero attached hydrogens (tertiary/aromatic N) is 4. The third-order valence-corrected chi connectivity index (χ3v) is 5.29. The number of rotatable bonds is 1. The van der Waals surface area contributed by atoms with Crippen LogP contribution < -0.4 is 16.1 Å². The fourth-order valence-corrected chi connectivity index (χ4v) is 3.58. The summed E-state index contributed by atoms with van der Waals surface area (Å²) >= 11 is 0. The molecule has 182 valence electrons. The molecule has 0 saturated carbocycles. The number of hydrogen-bond donors (Lipinski definition) is 1. The van der Waals surface area contributed by atoms with E-state index in [2.05, 4.69) is 33.6 Å². The Balaban J connectivity index is 1.69. The highest BCUT2D eigenvalue weighted by Gasteiger charge is 2.25. The molecule has 0 saturated heterocycles. The van der Waals surface area contributed by atoms with Gasteiger partial charge in [0.2, 0.25) is 0 Å². The Morgan fingerprint density at radius 3 is 2.24 bits per heavy atom. The monoisotopic (exact) mass is 487 g/mol. The average molecular weight is 487 g/mol. The highest BCUT2D eigenvalue weighted by atomic mass is 16.6. The van der Waals surface area contributed by atoms with Gasteiger partial charge in [-0.2, -0.15) is 0 Å². The normalized spacial score (nSPS) is 10.7. The van der Waals surface area contributed by atoms with E-state index in [1.54, 1.807) is 38.7 Å². The van der Waals surface area contributed by atoms with Gasteiger partial charge < -0.3 is 15.0 Å². The highest BCUT2D eigenvalue weighted by Crippen LogP contribution is 2.29. The first kappa shape index (κ1) is 25.4. The van der Waals surface area contributed by atoms with Crippen molar-refractivity contribution in [3.05, 3.63) is 77.1 Å². The number of aromatic nitrogens is 3. The maximum absolute atomic E-state index is 12.7. The highest BCUT2D eigenvalue weighted by molar-refractivity contribution is 6.32. The van der Waals surface area contributed by atoms with Crippen LogP contribution in [0.3, 0.4) is 0 Å². The summed E-state index contributed by atoms with van der Waals surface area (Å²) in [5.41, 5.74) is 10.5. The van der Waals surface area contributed by atoms with Gasteiger partial charge in [0.05, 0.1) is 17.4 Å². The van der Waals surface area contributed by atoms with Crippen LogP contribution in [0.1, 0.15) is 43.0 Å². The van der Waals surface area contributed by atoms with Gasteiger partial charge in [0.25, 0.3) is 0 Å². The minimum atomic E-state index is -0.654. The summed E-state index contributed by atoms with van der Waals surface area (Å²) in [6, 6.07) is 15.0. The van der Waals surface area contributed by atoms with Crippen molar-refractivity contribution in [1.82, 2.24) is 14.5 Å². The number of nitrogens with two attached hydrogens (primary N) is 1. The lowest BCUT2D eigenvalue weighted by Gasteiger charge is -2.24. The van der Waals surface area contributed by atoms with Crippen LogP contribution in [-0.2, 0) is 11.8 Å². The number of benzene rings is 2. The van der Waals surface area contributed by atoms with E-state index < -0.39 is 11.7 Å². The van der Waals surface area contributed by atoms with Crippen molar-refractivity contribution < 1.29 is 9.53 Å². The van der Waals surface area contributed by atoms with E-state index in [4.69, 9.17) is 18.3 Å². The third-order valence-electron chi connectivity index (χ3n) is 5.29. The minimum absolute atomic E-state index is 0.187. The zero-order valence-corrected chi connectivity index (χ0v) is 21.5. The summed E-state index contributed by atoms with van der Waals surface area (Å²) in [5.74, 6) is 13.0. The molecule has 4 aromatic rings. The Morgan fingerprint density at radius 1 is 1.03 bits per heavy atom. The van der Waals surface area contributed by atoms with E-state index in [-0.39, 0.29) is 5.82 Å². The van der Waals surface area contributed by atoms with Crippen LogP contribution in [0.2, 0.25) is 0 Å². The standard InChI is InChI=1S/C29H26BN5O2/c1-29(2,3)37-28(36)35(5)27-24-25(34(4)18-32-24)23(26(31)33-27)15-14-20-9-6-8-19(16-20)12-13-21-10-7-11-22(30)17-21/h6-11,16-18H,1-5H3,(H2,31,33). The Labute approximate surface area is 218 Å². The van der Waals surface area contributed by atoms with E-state index >= 15 is 0 Å². The number of amides is 1. The fourth-order valence-electron chi connectivity index (χ4n) is 3.58. The number of ether oxygens (including phenoxy) is 1. The molecule has 8 heteroatoms. The first-order valence-corrected chi connectivity index (χ1v) is 11.6. The van der Waals surface area contributed by atoms with Gasteiger partial charge >= 0.3 is 6.09 Å². The van der Waals surface area contributed by atoms with Crippen LogP contribution in [0.25, 0.3) is 11.0 Å². The molecule has 0 fully saturated rings.